The molecular weight excluding hydrogens is 208 g/mol. The molecule has 0 bridgehead atoms. The molecule has 2 aliphatic rings. The van der Waals surface area contributed by atoms with Crippen molar-refractivity contribution in [3.63, 3.8) is 0 Å². The first-order valence-electron chi connectivity index (χ1n) is 4.10. The van der Waals surface area contributed by atoms with Crippen molar-refractivity contribution in [1.82, 2.24) is 0 Å². The Morgan fingerprint density at radius 2 is 2.27 bits per heavy atom. The second-order valence-corrected chi connectivity index (χ2v) is 4.54. The van der Waals surface area contributed by atoms with E-state index < -0.39 is 0 Å². The zero-order valence-electron chi connectivity index (χ0n) is 6.25. The van der Waals surface area contributed by atoms with Crippen molar-refractivity contribution in [2.24, 2.45) is 11.8 Å². The van der Waals surface area contributed by atoms with E-state index in [4.69, 9.17) is 4.74 Å². The summed E-state index contributed by atoms with van der Waals surface area (Å²) >= 11 is 3.53. The molecule has 1 saturated heterocycles. The van der Waals surface area contributed by atoms with Crippen molar-refractivity contribution in [2.45, 2.75) is 24.1 Å². The van der Waals surface area contributed by atoms with Crippen LogP contribution < -0.4 is 0 Å². The second kappa shape index (κ2) is 2.77. The van der Waals surface area contributed by atoms with Gasteiger partial charge in [-0.25, -0.2) is 0 Å². The zero-order chi connectivity index (χ0) is 7.84. The molecule has 1 heterocycles. The van der Waals surface area contributed by atoms with Crippen molar-refractivity contribution in [3.05, 3.63) is 0 Å². The number of rotatable bonds is 0. The Morgan fingerprint density at radius 3 is 3.00 bits per heavy atom. The summed E-state index contributed by atoms with van der Waals surface area (Å²) in [5.74, 6) is 0.668. The molecule has 0 unspecified atom stereocenters. The normalized spacial score (nSPS) is 43.4. The lowest BCUT2D eigenvalue weighted by Gasteiger charge is -2.25. The van der Waals surface area contributed by atoms with Crippen molar-refractivity contribution in [1.29, 1.82) is 0 Å². The standard InChI is InChI=1S/C8H11BrO2/c9-6-3-1-2-5-4-11-8(10)7(5)6/h5-7H,1-4H2/t5-,6+,7+/m1/s1. The summed E-state index contributed by atoms with van der Waals surface area (Å²) in [7, 11) is 0. The molecule has 0 amide bonds. The van der Waals surface area contributed by atoms with Gasteiger partial charge in [-0.2, -0.15) is 0 Å². The number of hydrogen-bond donors (Lipinski definition) is 0. The molecule has 1 aliphatic heterocycles. The number of hydrogen-bond acceptors (Lipinski definition) is 2. The molecule has 0 aromatic heterocycles. The summed E-state index contributed by atoms with van der Waals surface area (Å²) in [6.45, 7) is 0.658. The van der Waals surface area contributed by atoms with Crippen molar-refractivity contribution >= 4 is 21.9 Å². The van der Waals surface area contributed by atoms with Gasteiger partial charge in [0, 0.05) is 10.7 Å². The predicted octanol–water partition coefficient (Wildman–Crippen LogP) is 1.72. The summed E-state index contributed by atoms with van der Waals surface area (Å²) in [5, 5.41) is 0. The van der Waals surface area contributed by atoms with E-state index in [1.165, 1.54) is 12.8 Å². The van der Waals surface area contributed by atoms with Gasteiger partial charge in [0.25, 0.3) is 0 Å². The fourth-order valence-electron chi connectivity index (χ4n) is 2.04. The Morgan fingerprint density at radius 1 is 1.45 bits per heavy atom. The fraction of sp³-hybridized carbons (Fsp3) is 0.875. The SMILES string of the molecule is O=C1OC[C@H]2CCC[C@H](Br)[C@@H]12. The van der Waals surface area contributed by atoms with Crippen LogP contribution in [0.2, 0.25) is 0 Å². The maximum Gasteiger partial charge on any atom is 0.310 e. The Bertz CT molecular complexity index is 181. The largest absolute Gasteiger partial charge is 0.465 e. The number of esters is 1. The van der Waals surface area contributed by atoms with Gasteiger partial charge < -0.3 is 4.74 Å². The monoisotopic (exact) mass is 218 g/mol. The molecule has 0 spiro atoms. The van der Waals surface area contributed by atoms with Crippen molar-refractivity contribution in [3.8, 4) is 0 Å². The molecule has 1 aliphatic carbocycles. The molecular formula is C8H11BrO2. The van der Waals surface area contributed by atoms with Gasteiger partial charge in [0.05, 0.1) is 12.5 Å². The topological polar surface area (TPSA) is 26.3 Å². The van der Waals surface area contributed by atoms with Crippen LogP contribution in [0.15, 0.2) is 0 Å². The van der Waals surface area contributed by atoms with E-state index in [1.54, 1.807) is 0 Å². The van der Waals surface area contributed by atoms with Gasteiger partial charge in [-0.05, 0) is 12.8 Å². The van der Waals surface area contributed by atoms with Gasteiger partial charge in [-0.1, -0.05) is 22.4 Å². The van der Waals surface area contributed by atoms with Gasteiger partial charge in [0.15, 0.2) is 0 Å². The first-order chi connectivity index (χ1) is 5.29. The van der Waals surface area contributed by atoms with Crippen LogP contribution in [0.1, 0.15) is 19.3 Å². The highest BCUT2D eigenvalue weighted by Crippen LogP contribution is 2.39. The van der Waals surface area contributed by atoms with E-state index in [9.17, 15) is 4.79 Å². The highest BCUT2D eigenvalue weighted by atomic mass is 79.9. The summed E-state index contributed by atoms with van der Waals surface area (Å²) < 4.78 is 5.00. The number of ether oxygens (including phenoxy) is 1. The van der Waals surface area contributed by atoms with Gasteiger partial charge in [0.1, 0.15) is 0 Å². The number of cyclic esters (lactones) is 1. The van der Waals surface area contributed by atoms with E-state index in [0.29, 0.717) is 17.4 Å². The minimum absolute atomic E-state index is 0.0107. The molecule has 0 aromatic rings. The molecule has 0 N–H and O–H groups in total. The number of halogens is 1. The Kier molecular flexibility index (Phi) is 1.91. The average molecular weight is 219 g/mol. The third kappa shape index (κ3) is 1.19. The summed E-state index contributed by atoms with van der Waals surface area (Å²) in [4.78, 5) is 11.5. The lowest BCUT2D eigenvalue weighted by molar-refractivity contribution is -0.141. The minimum Gasteiger partial charge on any atom is -0.465 e. The third-order valence-corrected chi connectivity index (χ3v) is 3.69. The van der Waals surface area contributed by atoms with Crippen LogP contribution in [0.25, 0.3) is 0 Å². The number of carbonyl (C=O) groups excluding carboxylic acids is 1. The molecule has 3 heteroatoms. The van der Waals surface area contributed by atoms with Crippen LogP contribution in [-0.4, -0.2) is 17.4 Å². The molecule has 62 valence electrons. The Hall–Kier alpha value is -0.0500. The highest BCUT2D eigenvalue weighted by molar-refractivity contribution is 9.09. The van der Waals surface area contributed by atoms with Gasteiger partial charge in [-0.15, -0.1) is 0 Å². The average Bonchev–Trinajstić information content (AvgIpc) is 2.34. The van der Waals surface area contributed by atoms with Crippen LogP contribution in [0.3, 0.4) is 0 Å². The zero-order valence-corrected chi connectivity index (χ0v) is 7.84. The number of alkyl halides is 1. The van der Waals surface area contributed by atoms with Crippen LogP contribution in [0.5, 0.6) is 0 Å². The van der Waals surface area contributed by atoms with Crippen LogP contribution in [0, 0.1) is 11.8 Å². The van der Waals surface area contributed by atoms with E-state index in [1.807, 2.05) is 0 Å². The first kappa shape index (κ1) is 7.59. The summed E-state index contributed by atoms with van der Waals surface area (Å²) in [5.41, 5.74) is 0. The van der Waals surface area contributed by atoms with Crippen molar-refractivity contribution < 1.29 is 9.53 Å². The predicted molar refractivity (Wildman–Crippen MR) is 44.5 cm³/mol. The highest BCUT2D eigenvalue weighted by Gasteiger charge is 2.43. The molecule has 2 fully saturated rings. The van der Waals surface area contributed by atoms with Crippen molar-refractivity contribution in [2.75, 3.05) is 6.61 Å². The summed E-state index contributed by atoms with van der Waals surface area (Å²) in [6, 6.07) is 0. The molecule has 3 atom stereocenters. The number of fused-ring (bicyclic) bond motifs is 1. The quantitative estimate of drug-likeness (QED) is 0.458. The van der Waals surface area contributed by atoms with Crippen LogP contribution in [0.4, 0.5) is 0 Å². The minimum atomic E-state index is 0.0107. The Balaban J connectivity index is 2.14. The number of carbonyl (C=O) groups is 1. The van der Waals surface area contributed by atoms with E-state index in [0.717, 1.165) is 6.42 Å². The van der Waals surface area contributed by atoms with Gasteiger partial charge in [-0.3, -0.25) is 4.79 Å². The molecule has 0 aromatic carbocycles. The molecule has 11 heavy (non-hydrogen) atoms. The second-order valence-electron chi connectivity index (χ2n) is 3.36. The van der Waals surface area contributed by atoms with E-state index in [-0.39, 0.29) is 11.9 Å². The lowest BCUT2D eigenvalue weighted by atomic mass is 9.81. The molecule has 2 nitrogen and oxygen atoms in total. The van der Waals surface area contributed by atoms with E-state index in [2.05, 4.69) is 15.9 Å². The maximum absolute atomic E-state index is 11.2. The summed E-state index contributed by atoms with van der Waals surface area (Å²) in [6.07, 6.45) is 3.52. The molecule has 2 rings (SSSR count). The molecule has 1 saturated carbocycles. The smallest absolute Gasteiger partial charge is 0.310 e. The Labute approximate surface area is 74.4 Å². The van der Waals surface area contributed by atoms with Gasteiger partial charge in [0.2, 0.25) is 0 Å². The van der Waals surface area contributed by atoms with Gasteiger partial charge >= 0.3 is 5.97 Å². The third-order valence-electron chi connectivity index (χ3n) is 2.66. The van der Waals surface area contributed by atoms with E-state index >= 15 is 0 Å². The molecule has 0 radical (unpaired) electrons. The maximum atomic E-state index is 11.2. The fourth-order valence-corrected chi connectivity index (χ4v) is 3.01. The van der Waals surface area contributed by atoms with Crippen LogP contribution in [-0.2, 0) is 9.53 Å². The lowest BCUT2D eigenvalue weighted by Crippen LogP contribution is -2.29. The van der Waals surface area contributed by atoms with Crippen LogP contribution >= 0.6 is 15.9 Å². The first-order valence-corrected chi connectivity index (χ1v) is 5.01.